The molecule has 0 aliphatic carbocycles. The molecule has 1 atom stereocenters. The quantitative estimate of drug-likeness (QED) is 0.446. The molecule has 0 N–H and O–H groups in total. The highest BCUT2D eigenvalue weighted by Gasteiger charge is 2.23. The molecule has 0 aliphatic rings. The lowest BCUT2D eigenvalue weighted by Crippen LogP contribution is -2.31. The van der Waals surface area contributed by atoms with Crippen molar-refractivity contribution in [3.05, 3.63) is 58.9 Å². The number of nitrogens with zero attached hydrogens (tertiary/aromatic N) is 2. The van der Waals surface area contributed by atoms with Gasteiger partial charge in [-0.1, -0.05) is 19.8 Å². The molecule has 3 heteroatoms. The Morgan fingerprint density at radius 3 is 2.73 bits per heavy atom. The lowest BCUT2D eigenvalue weighted by atomic mass is 9.95. The summed E-state index contributed by atoms with van der Waals surface area (Å²) in [5.74, 6) is -1.72. The first-order valence-electron chi connectivity index (χ1n) is 10.7. The highest BCUT2D eigenvalue weighted by Crippen LogP contribution is 2.38. The molecule has 0 bridgehead atoms. The lowest BCUT2D eigenvalue weighted by Gasteiger charge is -2.10. The lowest BCUT2D eigenvalue weighted by molar-refractivity contribution is -0.660. The second-order valence-electron chi connectivity index (χ2n) is 7.03. The fourth-order valence-electron chi connectivity index (χ4n) is 3.66. The number of aromatic nitrogens is 2. The molecule has 1 aromatic carbocycles. The van der Waals surface area contributed by atoms with E-state index in [1.807, 2.05) is 37.6 Å². The van der Waals surface area contributed by atoms with Crippen LogP contribution in [0.2, 0.25) is 0 Å². The third-order valence-corrected chi connectivity index (χ3v) is 4.98. The second kappa shape index (κ2) is 5.94. The van der Waals surface area contributed by atoms with Crippen molar-refractivity contribution in [2.45, 2.75) is 40.4 Å². The smallest absolute Gasteiger partial charge is 0.227 e. The van der Waals surface area contributed by atoms with E-state index in [1.165, 1.54) is 6.92 Å². The SMILES string of the molecule is [2H]C([2H])([2H])C([2H])(C)c1cc[n+](C)c(-c2c(C)cc(C)c3c2oc2nc(C)ccc23)c1. The van der Waals surface area contributed by atoms with Gasteiger partial charge in [-0.3, -0.25) is 0 Å². The first-order valence-corrected chi connectivity index (χ1v) is 8.72. The molecule has 0 fully saturated rings. The van der Waals surface area contributed by atoms with Gasteiger partial charge in [0.05, 0.1) is 5.56 Å². The van der Waals surface area contributed by atoms with Crippen molar-refractivity contribution in [2.75, 3.05) is 0 Å². The Morgan fingerprint density at radius 2 is 1.96 bits per heavy atom. The molecule has 26 heavy (non-hydrogen) atoms. The minimum absolute atomic E-state index is 0.439. The van der Waals surface area contributed by atoms with Gasteiger partial charge in [0.15, 0.2) is 11.8 Å². The fraction of sp³-hybridized carbons (Fsp3) is 0.304. The Morgan fingerprint density at radius 1 is 1.15 bits per heavy atom. The van der Waals surface area contributed by atoms with Gasteiger partial charge >= 0.3 is 0 Å². The van der Waals surface area contributed by atoms with E-state index >= 15 is 0 Å². The fourth-order valence-corrected chi connectivity index (χ4v) is 3.66. The minimum atomic E-state index is -2.44. The molecule has 3 heterocycles. The van der Waals surface area contributed by atoms with Crippen LogP contribution in [0.1, 0.15) is 47.5 Å². The van der Waals surface area contributed by atoms with Crippen LogP contribution in [-0.2, 0) is 7.05 Å². The zero-order valence-corrected chi connectivity index (χ0v) is 15.8. The Labute approximate surface area is 159 Å². The first-order chi connectivity index (χ1) is 13.9. The average molecular weight is 349 g/mol. The van der Waals surface area contributed by atoms with Crippen LogP contribution in [0.4, 0.5) is 0 Å². The zero-order chi connectivity index (χ0) is 22.0. The molecule has 0 aliphatic heterocycles. The van der Waals surface area contributed by atoms with Crippen LogP contribution in [0.15, 0.2) is 40.9 Å². The first kappa shape index (κ1) is 12.6. The molecule has 0 amide bonds. The number of rotatable bonds is 2. The van der Waals surface area contributed by atoms with Crippen LogP contribution < -0.4 is 4.57 Å². The second-order valence-corrected chi connectivity index (χ2v) is 7.03. The summed E-state index contributed by atoms with van der Waals surface area (Å²) >= 11 is 0. The van der Waals surface area contributed by atoms with Gasteiger partial charge in [-0.05, 0) is 55.5 Å². The largest absolute Gasteiger partial charge is 0.437 e. The number of fused-ring (bicyclic) bond motifs is 3. The van der Waals surface area contributed by atoms with E-state index in [9.17, 15) is 0 Å². The Bertz CT molecular complexity index is 1300. The Balaban J connectivity index is 2.07. The van der Waals surface area contributed by atoms with Gasteiger partial charge in [0.1, 0.15) is 7.05 Å². The van der Waals surface area contributed by atoms with Crippen LogP contribution in [0.5, 0.6) is 0 Å². The van der Waals surface area contributed by atoms with Crippen molar-refractivity contribution in [1.82, 2.24) is 4.98 Å². The summed E-state index contributed by atoms with van der Waals surface area (Å²) < 4.78 is 40.1. The summed E-state index contributed by atoms with van der Waals surface area (Å²) in [5, 5.41) is 1.97. The molecule has 132 valence electrons. The maximum Gasteiger partial charge on any atom is 0.227 e. The molecule has 3 nitrogen and oxygen atoms in total. The van der Waals surface area contributed by atoms with Crippen molar-refractivity contribution < 1.29 is 14.5 Å². The number of pyridine rings is 2. The number of benzene rings is 1. The molecule has 4 aromatic rings. The maximum atomic E-state index is 8.51. The van der Waals surface area contributed by atoms with Crippen molar-refractivity contribution in [3.63, 3.8) is 0 Å². The van der Waals surface area contributed by atoms with Crippen molar-refractivity contribution >= 4 is 22.1 Å². The summed E-state index contributed by atoms with van der Waals surface area (Å²) in [6.07, 6.45) is 1.80. The van der Waals surface area contributed by atoms with Crippen LogP contribution in [0, 0.1) is 20.8 Å². The molecule has 0 saturated heterocycles. The van der Waals surface area contributed by atoms with E-state index in [2.05, 4.69) is 18.0 Å². The van der Waals surface area contributed by atoms with Gasteiger partial charge in [0.2, 0.25) is 11.4 Å². The van der Waals surface area contributed by atoms with Crippen LogP contribution in [0.25, 0.3) is 33.3 Å². The summed E-state index contributed by atoms with van der Waals surface area (Å²) in [4.78, 5) is 4.55. The number of hydrogen-bond acceptors (Lipinski definition) is 2. The van der Waals surface area contributed by atoms with E-state index in [-0.39, 0.29) is 0 Å². The molecule has 1 unspecified atom stereocenters. The van der Waals surface area contributed by atoms with Gasteiger partial charge in [-0.15, -0.1) is 0 Å². The average Bonchev–Trinajstić information content (AvgIpc) is 3.00. The third-order valence-electron chi connectivity index (χ3n) is 4.98. The topological polar surface area (TPSA) is 29.9 Å². The summed E-state index contributed by atoms with van der Waals surface area (Å²) in [5.41, 5.74) is 6.44. The molecule has 0 saturated carbocycles. The standard InChI is InChI=1S/C23H25N2O/c1-13(2)17-9-10-25(6)19(12-17)21-15(4)11-14(3)20-18-8-7-16(5)24-23(18)26-22(20)21/h7-13H,1-6H3/q+1/i1D3,13D. The Hall–Kier alpha value is -2.68. The van der Waals surface area contributed by atoms with Crippen LogP contribution >= 0.6 is 0 Å². The molecular weight excluding hydrogens is 320 g/mol. The number of furan rings is 1. The van der Waals surface area contributed by atoms with Crippen molar-refractivity contribution in [3.8, 4) is 11.3 Å². The normalized spacial score (nSPS) is 16.8. The van der Waals surface area contributed by atoms with E-state index in [1.54, 1.807) is 18.3 Å². The number of aryl methyl sites for hydroxylation is 4. The zero-order valence-electron chi connectivity index (χ0n) is 19.8. The summed E-state index contributed by atoms with van der Waals surface area (Å²) in [7, 11) is 1.91. The molecule has 3 aromatic heterocycles. The molecule has 4 rings (SSSR count). The third kappa shape index (κ3) is 2.50. The van der Waals surface area contributed by atoms with Gasteiger partial charge < -0.3 is 4.42 Å². The highest BCUT2D eigenvalue weighted by molar-refractivity contribution is 6.10. The van der Waals surface area contributed by atoms with Crippen LogP contribution in [-0.4, -0.2) is 4.98 Å². The molecular formula is C23H25N2O+. The van der Waals surface area contributed by atoms with E-state index in [0.29, 0.717) is 11.3 Å². The van der Waals surface area contributed by atoms with Crippen LogP contribution in [0.3, 0.4) is 0 Å². The van der Waals surface area contributed by atoms with E-state index in [4.69, 9.17) is 9.90 Å². The predicted octanol–water partition coefficient (Wildman–Crippen LogP) is 5.52. The minimum Gasteiger partial charge on any atom is -0.437 e. The summed E-state index contributed by atoms with van der Waals surface area (Å²) in [6, 6.07) is 9.61. The van der Waals surface area contributed by atoms with Gasteiger partial charge in [-0.2, -0.15) is 0 Å². The molecule has 0 spiro atoms. The van der Waals surface area contributed by atoms with E-state index in [0.717, 1.165) is 44.4 Å². The van der Waals surface area contributed by atoms with Crippen molar-refractivity contribution in [1.29, 1.82) is 0 Å². The Kier molecular flexibility index (Phi) is 2.89. The van der Waals surface area contributed by atoms with Gasteiger partial charge in [0.25, 0.3) is 0 Å². The summed E-state index contributed by atoms with van der Waals surface area (Å²) in [6.45, 7) is 5.00. The monoisotopic (exact) mass is 349 g/mol. The molecule has 0 radical (unpaired) electrons. The van der Waals surface area contributed by atoms with E-state index < -0.39 is 12.7 Å². The predicted molar refractivity (Wildman–Crippen MR) is 106 cm³/mol. The highest BCUT2D eigenvalue weighted by atomic mass is 16.3. The van der Waals surface area contributed by atoms with Gasteiger partial charge in [-0.25, -0.2) is 9.55 Å². The van der Waals surface area contributed by atoms with Crippen molar-refractivity contribution in [2.24, 2.45) is 7.05 Å². The maximum absolute atomic E-state index is 8.51. The number of hydrogen-bond donors (Lipinski definition) is 0. The van der Waals surface area contributed by atoms with Gasteiger partial charge in [0, 0.05) is 34.1 Å².